The predicted molar refractivity (Wildman–Crippen MR) is 275 cm³/mol. The van der Waals surface area contributed by atoms with E-state index >= 15 is 0 Å². The number of aromatic nitrogens is 3. The van der Waals surface area contributed by atoms with Gasteiger partial charge in [0.05, 0.1) is 0 Å². The molecule has 0 aliphatic heterocycles. The molecule has 0 saturated carbocycles. The van der Waals surface area contributed by atoms with Gasteiger partial charge in [-0.05, 0) is 126 Å². The molecule has 3 heterocycles. The van der Waals surface area contributed by atoms with E-state index in [1.807, 2.05) is 85.1 Å². The van der Waals surface area contributed by atoms with Gasteiger partial charge in [0.1, 0.15) is 11.2 Å². The van der Waals surface area contributed by atoms with E-state index < -0.39 is 11.2 Å². The maximum Gasteiger partial charge on any atom is 3.00 e. The quantitative estimate of drug-likeness (QED) is 0.108. The molecule has 0 fully saturated rings. The SMILES string of the molecule is CC(C)(Oc1c[c-]c(-c2ccccn2)cc1)c1cc(-c2ccccc2-c2c[c-]c(-c3cc(-c4ccc(-c5ccccc5)cc4)ccn3)cc2)cc(C(C)(C)Oc2c[c-]c(-c3ccccn3)cc2)c1.[Ir+3]. The summed E-state index contributed by atoms with van der Waals surface area (Å²) in [6, 6.07) is 78.7. The van der Waals surface area contributed by atoms with Crippen molar-refractivity contribution in [2.24, 2.45) is 0 Å². The zero-order valence-electron chi connectivity index (χ0n) is 38.8. The van der Waals surface area contributed by atoms with Gasteiger partial charge in [-0.2, -0.15) is 0 Å². The van der Waals surface area contributed by atoms with Crippen molar-refractivity contribution in [1.82, 2.24) is 15.0 Å². The van der Waals surface area contributed by atoms with E-state index in [1.165, 1.54) is 11.1 Å². The fourth-order valence-electron chi connectivity index (χ4n) is 8.48. The first-order chi connectivity index (χ1) is 33.1. The minimum Gasteiger partial charge on any atom is -0.527 e. The Morgan fingerprint density at radius 3 is 1.30 bits per heavy atom. The monoisotopic (exact) mass is 1070 g/mol. The van der Waals surface area contributed by atoms with E-state index in [4.69, 9.17) is 14.5 Å². The van der Waals surface area contributed by atoms with Crippen molar-refractivity contribution in [1.29, 1.82) is 0 Å². The number of rotatable bonds is 13. The largest absolute Gasteiger partial charge is 3.00 e. The molecule has 0 atom stereocenters. The molecule has 0 spiro atoms. The molecule has 7 aromatic carbocycles. The zero-order chi connectivity index (χ0) is 46.5. The standard InChI is InChI=1S/C63H48N3O2.Ir/c1-62(2,67-55-32-28-48(29-33-55)59-18-10-12-37-64-59)53-40-52(41-54(43-53)63(3,4)68-56-34-30-49(31-35-56)60-19-11-13-38-65-60)58-17-9-8-16-57(58)47-24-26-50(27-25-47)61-42-51(36-39-66-61)46-22-20-45(21-23-46)44-14-6-5-7-15-44;/h5-26,28,30,32-43H,1-4H3;/q-3;+3. The van der Waals surface area contributed by atoms with Crippen molar-refractivity contribution in [3.05, 3.63) is 248 Å². The number of ether oxygens (including phenoxy) is 2. The van der Waals surface area contributed by atoms with Crippen LogP contribution >= 0.6 is 0 Å². The average Bonchev–Trinajstić information content (AvgIpc) is 3.40. The van der Waals surface area contributed by atoms with Crippen molar-refractivity contribution in [2.75, 3.05) is 0 Å². The van der Waals surface area contributed by atoms with Crippen molar-refractivity contribution < 1.29 is 29.6 Å². The number of benzene rings is 7. The molecule has 6 heteroatoms. The van der Waals surface area contributed by atoms with Crippen LogP contribution in [-0.2, 0) is 31.3 Å². The van der Waals surface area contributed by atoms with Crippen LogP contribution in [0.15, 0.2) is 219 Å². The number of hydrogen-bond acceptors (Lipinski definition) is 5. The molecule has 0 saturated heterocycles. The molecule has 0 aliphatic rings. The molecule has 5 nitrogen and oxygen atoms in total. The molecule has 10 aromatic rings. The summed E-state index contributed by atoms with van der Waals surface area (Å²) in [4.78, 5) is 13.8. The van der Waals surface area contributed by atoms with E-state index in [9.17, 15) is 0 Å². The molecule has 0 radical (unpaired) electrons. The van der Waals surface area contributed by atoms with Gasteiger partial charge < -0.3 is 24.4 Å². The van der Waals surface area contributed by atoms with Crippen LogP contribution in [0.2, 0.25) is 0 Å². The molecule has 10 rings (SSSR count). The van der Waals surface area contributed by atoms with Crippen LogP contribution in [0.1, 0.15) is 38.8 Å². The third kappa shape index (κ3) is 10.5. The number of hydrogen-bond donors (Lipinski definition) is 0. The number of nitrogens with zero attached hydrogens (tertiary/aromatic N) is 3. The molecular weight excluding hydrogens is 1020 g/mol. The summed E-state index contributed by atoms with van der Waals surface area (Å²) in [5, 5.41) is 0. The summed E-state index contributed by atoms with van der Waals surface area (Å²) in [6.07, 6.45) is 5.45. The van der Waals surface area contributed by atoms with Gasteiger partial charge in [0.15, 0.2) is 0 Å². The van der Waals surface area contributed by atoms with E-state index in [2.05, 4.69) is 177 Å². The van der Waals surface area contributed by atoms with Crippen LogP contribution in [0.25, 0.3) is 78.3 Å². The van der Waals surface area contributed by atoms with Crippen molar-refractivity contribution in [2.45, 2.75) is 38.9 Å². The van der Waals surface area contributed by atoms with Crippen LogP contribution in [0, 0.1) is 18.2 Å². The molecular formula is C63H48IrN3O2. The maximum atomic E-state index is 6.83. The fourth-order valence-corrected chi connectivity index (χ4v) is 8.48. The third-order valence-corrected chi connectivity index (χ3v) is 12.2. The van der Waals surface area contributed by atoms with Crippen LogP contribution < -0.4 is 9.47 Å². The van der Waals surface area contributed by atoms with Crippen LogP contribution in [-0.4, -0.2) is 15.0 Å². The molecule has 0 N–H and O–H groups in total. The van der Waals surface area contributed by atoms with Gasteiger partial charge in [-0.1, -0.05) is 120 Å². The summed E-state index contributed by atoms with van der Waals surface area (Å²) in [6.45, 7) is 8.41. The predicted octanol–water partition coefficient (Wildman–Crippen LogP) is 15.6. The summed E-state index contributed by atoms with van der Waals surface area (Å²) >= 11 is 0. The first-order valence-electron chi connectivity index (χ1n) is 22.8. The second-order valence-corrected chi connectivity index (χ2v) is 17.7. The minimum atomic E-state index is -0.755. The second-order valence-electron chi connectivity index (χ2n) is 17.7. The number of pyridine rings is 3. The molecule has 69 heavy (non-hydrogen) atoms. The van der Waals surface area contributed by atoms with Crippen molar-refractivity contribution in [3.8, 4) is 89.8 Å². The summed E-state index contributed by atoms with van der Waals surface area (Å²) in [7, 11) is 0. The molecule has 336 valence electrons. The van der Waals surface area contributed by atoms with Crippen molar-refractivity contribution in [3.63, 3.8) is 0 Å². The van der Waals surface area contributed by atoms with Crippen molar-refractivity contribution >= 4 is 0 Å². The van der Waals surface area contributed by atoms with Crippen LogP contribution in [0.5, 0.6) is 11.5 Å². The van der Waals surface area contributed by atoms with Gasteiger partial charge in [0.25, 0.3) is 0 Å². The first kappa shape index (κ1) is 46.4. The minimum absolute atomic E-state index is 0. The van der Waals surface area contributed by atoms with E-state index in [0.717, 1.165) is 78.3 Å². The molecule has 0 amide bonds. The summed E-state index contributed by atoms with van der Waals surface area (Å²) in [5.74, 6) is 1.41. The Morgan fingerprint density at radius 1 is 0.348 bits per heavy atom. The normalized spacial score (nSPS) is 11.4. The van der Waals surface area contributed by atoms with Gasteiger partial charge >= 0.3 is 20.1 Å². The first-order valence-corrected chi connectivity index (χ1v) is 22.8. The van der Waals surface area contributed by atoms with Crippen LogP contribution in [0.3, 0.4) is 0 Å². The van der Waals surface area contributed by atoms with E-state index in [0.29, 0.717) is 11.5 Å². The average molecular weight is 1070 g/mol. The second kappa shape index (κ2) is 20.2. The summed E-state index contributed by atoms with van der Waals surface area (Å²) < 4.78 is 13.7. The van der Waals surface area contributed by atoms with Gasteiger partial charge in [0, 0.05) is 30.1 Å². The topological polar surface area (TPSA) is 57.1 Å². The third-order valence-electron chi connectivity index (χ3n) is 12.2. The van der Waals surface area contributed by atoms with Gasteiger partial charge in [0.2, 0.25) is 0 Å². The smallest absolute Gasteiger partial charge is 0.527 e. The Kier molecular flexibility index (Phi) is 13.6. The van der Waals surface area contributed by atoms with Crippen LogP contribution in [0.4, 0.5) is 0 Å². The van der Waals surface area contributed by atoms with E-state index in [-0.39, 0.29) is 20.1 Å². The Balaban J connectivity index is 0.00000593. The molecule has 3 aromatic heterocycles. The van der Waals surface area contributed by atoms with E-state index in [1.54, 1.807) is 12.4 Å². The van der Waals surface area contributed by atoms with Gasteiger partial charge in [-0.3, -0.25) is 0 Å². The molecule has 0 aliphatic carbocycles. The fraction of sp³-hybridized carbons (Fsp3) is 0.0952. The molecule has 0 bridgehead atoms. The van der Waals surface area contributed by atoms with Gasteiger partial charge in [-0.25, -0.2) is 0 Å². The maximum absolute atomic E-state index is 6.83. The summed E-state index contributed by atoms with van der Waals surface area (Å²) in [5.41, 5.74) is 14.6. The Hall–Kier alpha value is -7.76. The molecule has 0 unspecified atom stereocenters. The Morgan fingerprint density at radius 2 is 0.797 bits per heavy atom. The zero-order valence-corrected chi connectivity index (χ0v) is 41.2. The Bertz CT molecular complexity index is 3170. The van der Waals surface area contributed by atoms with Gasteiger partial charge in [-0.15, -0.1) is 89.5 Å². The Labute approximate surface area is 418 Å².